The number of carbonyl (C=O) groups excluding carboxylic acids is 1. The Bertz CT molecular complexity index is 106. The molecule has 0 fully saturated rings. The summed E-state index contributed by atoms with van der Waals surface area (Å²) >= 11 is 0. The fourth-order valence-electron chi connectivity index (χ4n) is 0. The normalized spacial score (nSPS) is 5.00. The van der Waals surface area contributed by atoms with Crippen molar-refractivity contribution < 1.29 is 32.0 Å². The zero-order valence-corrected chi connectivity index (χ0v) is 6.47. The summed E-state index contributed by atoms with van der Waals surface area (Å²) in [6.45, 7) is 0. The van der Waals surface area contributed by atoms with Crippen molar-refractivity contribution in [3.8, 4) is 0 Å². The van der Waals surface area contributed by atoms with E-state index >= 15 is 0 Å². The van der Waals surface area contributed by atoms with Gasteiger partial charge in [-0.15, -0.1) is 0 Å². The fourth-order valence-corrected chi connectivity index (χ4v) is 0. The third-order valence-corrected chi connectivity index (χ3v) is 0. The summed E-state index contributed by atoms with van der Waals surface area (Å²) in [5.74, 6) is 0. The average molecular weight is 224 g/mol. The van der Waals surface area contributed by atoms with Gasteiger partial charge in [0, 0.05) is 0 Å². The molecule has 0 heterocycles. The van der Waals surface area contributed by atoms with E-state index in [0.29, 0.717) is 0 Å². The summed E-state index contributed by atoms with van der Waals surface area (Å²) in [5.41, 5.74) is 4.17. The SMILES string of the molecule is NC=O.O=[N+]([O-])[O-].O=[N+]([O-])[O-].[Mn+2]. The summed E-state index contributed by atoms with van der Waals surface area (Å²) in [6.07, 6.45) is 0.250. The van der Waals surface area contributed by atoms with Crippen LogP contribution in [-0.2, 0) is 21.9 Å². The van der Waals surface area contributed by atoms with Gasteiger partial charge in [0.15, 0.2) is 0 Å². The van der Waals surface area contributed by atoms with Crippen LogP contribution in [0.4, 0.5) is 0 Å². The molecule has 71 valence electrons. The number of hydrogen-bond donors (Lipinski definition) is 1. The number of hydrogen-bond acceptors (Lipinski definition) is 7. The fraction of sp³-hybridized carbons (Fsp3) is 0. The van der Waals surface area contributed by atoms with Crippen molar-refractivity contribution in [1.82, 2.24) is 0 Å². The molecule has 0 aliphatic heterocycles. The summed E-state index contributed by atoms with van der Waals surface area (Å²) in [5, 5.41) is 29.5. The van der Waals surface area contributed by atoms with E-state index < -0.39 is 10.2 Å². The molecule has 0 aliphatic rings. The van der Waals surface area contributed by atoms with Crippen LogP contribution in [0.3, 0.4) is 0 Å². The molecule has 0 spiro atoms. The number of rotatable bonds is 0. The number of nitrogens with two attached hydrogens (primary N) is 1. The van der Waals surface area contributed by atoms with Crippen molar-refractivity contribution in [2.75, 3.05) is 0 Å². The molecule has 0 aromatic carbocycles. The van der Waals surface area contributed by atoms with Gasteiger partial charge >= 0.3 is 17.1 Å². The third-order valence-electron chi connectivity index (χ3n) is 0. The van der Waals surface area contributed by atoms with Gasteiger partial charge in [-0.25, -0.2) is 0 Å². The van der Waals surface area contributed by atoms with E-state index in [2.05, 4.69) is 5.73 Å². The van der Waals surface area contributed by atoms with Crippen LogP contribution in [0.1, 0.15) is 0 Å². The maximum atomic E-state index is 8.58. The molecule has 11 heteroatoms. The van der Waals surface area contributed by atoms with Crippen LogP contribution in [0.2, 0.25) is 0 Å². The van der Waals surface area contributed by atoms with Crippen LogP contribution in [0, 0.1) is 30.6 Å². The Morgan fingerprint density at radius 1 is 1.00 bits per heavy atom. The molecule has 0 bridgehead atoms. The average Bonchev–Trinajstić information content (AvgIpc) is 1.60. The van der Waals surface area contributed by atoms with Crippen molar-refractivity contribution in [2.45, 2.75) is 0 Å². The van der Waals surface area contributed by atoms with Crippen LogP contribution < -0.4 is 5.73 Å². The second kappa shape index (κ2) is 22.8. The van der Waals surface area contributed by atoms with Crippen molar-refractivity contribution in [3.63, 3.8) is 0 Å². The maximum Gasteiger partial charge on any atom is 2.00 e. The molecule has 0 rings (SSSR count). The molecule has 12 heavy (non-hydrogen) atoms. The molecule has 1 radical (unpaired) electrons. The smallest absolute Gasteiger partial charge is 0.372 e. The van der Waals surface area contributed by atoms with Gasteiger partial charge in [-0.3, -0.25) is 4.79 Å². The Labute approximate surface area is 75.7 Å². The summed E-state index contributed by atoms with van der Waals surface area (Å²) in [4.78, 5) is 25.1. The summed E-state index contributed by atoms with van der Waals surface area (Å²) < 4.78 is 0. The van der Waals surface area contributed by atoms with Gasteiger partial charge in [-0.2, -0.15) is 0 Å². The molecule has 1 amide bonds. The zero-order valence-electron chi connectivity index (χ0n) is 5.28. The predicted octanol–water partition coefficient (Wildman–Crippen LogP) is -1.38. The van der Waals surface area contributed by atoms with E-state index in [4.69, 9.17) is 35.4 Å². The second-order valence-corrected chi connectivity index (χ2v) is 0.583. The predicted molar refractivity (Wildman–Crippen MR) is 31.0 cm³/mol. The molecule has 0 unspecified atom stereocenters. The number of amides is 1. The third kappa shape index (κ3) is 177. The Hall–Kier alpha value is -1.61. The zero-order chi connectivity index (χ0) is 9.86. The Morgan fingerprint density at radius 2 is 1.00 bits per heavy atom. The molecule has 0 atom stereocenters. The van der Waals surface area contributed by atoms with Gasteiger partial charge in [0.25, 0.3) is 0 Å². The van der Waals surface area contributed by atoms with Crippen molar-refractivity contribution >= 4 is 6.41 Å². The van der Waals surface area contributed by atoms with Crippen molar-refractivity contribution in [1.29, 1.82) is 0 Å². The van der Waals surface area contributed by atoms with Gasteiger partial charge in [-0.05, 0) is 0 Å². The van der Waals surface area contributed by atoms with Crippen LogP contribution in [-0.4, -0.2) is 16.6 Å². The van der Waals surface area contributed by atoms with Crippen LogP contribution >= 0.6 is 0 Å². The first kappa shape index (κ1) is 22.4. The molecule has 0 saturated carbocycles. The van der Waals surface area contributed by atoms with Crippen molar-refractivity contribution in [3.05, 3.63) is 30.6 Å². The minimum Gasteiger partial charge on any atom is -0.372 e. The van der Waals surface area contributed by atoms with Gasteiger partial charge in [0.1, 0.15) is 0 Å². The Morgan fingerprint density at radius 3 is 1.00 bits per heavy atom. The Balaban J connectivity index is -0.0000000389. The molecular weight excluding hydrogens is 221 g/mol. The van der Waals surface area contributed by atoms with Gasteiger partial charge in [0.05, 0.1) is 10.2 Å². The topological polar surface area (TPSA) is 175 Å². The van der Waals surface area contributed by atoms with E-state index in [1.807, 2.05) is 0 Å². The first-order chi connectivity index (χ1) is 4.88. The Kier molecular flexibility index (Phi) is 42.5. The molecule has 10 nitrogen and oxygen atoms in total. The first-order valence-electron chi connectivity index (χ1n) is 1.66. The minimum absolute atomic E-state index is 0. The van der Waals surface area contributed by atoms with E-state index in [-0.39, 0.29) is 23.5 Å². The van der Waals surface area contributed by atoms with Crippen LogP contribution in [0.15, 0.2) is 0 Å². The number of primary amides is 1. The van der Waals surface area contributed by atoms with Gasteiger partial charge in [0.2, 0.25) is 6.41 Å². The molecule has 0 aromatic rings. The standard InChI is InChI=1S/CH3NO.Mn.2NO3/c2-1-3;;2*2-1(3)4/h1H,(H2,2,3);;;/q;+2;2*-1. The molecular formula is CH3MnN3O7. The minimum atomic E-state index is -1.75. The second-order valence-electron chi connectivity index (χ2n) is 0.583. The van der Waals surface area contributed by atoms with E-state index in [1.54, 1.807) is 0 Å². The maximum absolute atomic E-state index is 8.58. The van der Waals surface area contributed by atoms with Crippen LogP contribution in [0.5, 0.6) is 0 Å². The van der Waals surface area contributed by atoms with Crippen LogP contribution in [0.25, 0.3) is 0 Å². The quantitative estimate of drug-likeness (QED) is 0.228. The van der Waals surface area contributed by atoms with Gasteiger partial charge in [-0.1, -0.05) is 0 Å². The van der Waals surface area contributed by atoms with E-state index in [1.165, 1.54) is 0 Å². The number of carbonyl (C=O) groups is 1. The molecule has 0 aromatic heterocycles. The summed E-state index contributed by atoms with van der Waals surface area (Å²) in [7, 11) is 0. The monoisotopic (exact) mass is 224 g/mol. The van der Waals surface area contributed by atoms with E-state index in [0.717, 1.165) is 0 Å². The summed E-state index contributed by atoms with van der Waals surface area (Å²) in [6, 6.07) is 0. The van der Waals surface area contributed by atoms with E-state index in [9.17, 15) is 0 Å². The molecule has 2 N–H and O–H groups in total. The largest absolute Gasteiger partial charge is 2.00 e. The van der Waals surface area contributed by atoms with Crippen molar-refractivity contribution in [2.24, 2.45) is 5.73 Å². The first-order valence-corrected chi connectivity index (χ1v) is 1.66. The number of nitrogens with zero attached hydrogens (tertiary/aromatic N) is 2. The molecule has 0 saturated heterocycles. The molecule has 0 aliphatic carbocycles. The van der Waals surface area contributed by atoms with Gasteiger partial charge < -0.3 is 36.4 Å².